The summed E-state index contributed by atoms with van der Waals surface area (Å²) in [6.07, 6.45) is 0. The highest BCUT2D eigenvalue weighted by Gasteiger charge is 2.34. The fraction of sp³-hybridized carbons (Fsp3) is 0.462. The summed E-state index contributed by atoms with van der Waals surface area (Å²) in [5.41, 5.74) is 0.893. The van der Waals surface area contributed by atoms with Crippen molar-refractivity contribution >= 4 is 17.5 Å². The van der Waals surface area contributed by atoms with Crippen molar-refractivity contribution in [1.82, 2.24) is 5.32 Å². The summed E-state index contributed by atoms with van der Waals surface area (Å²) in [7, 11) is 0. The van der Waals surface area contributed by atoms with Gasteiger partial charge in [0.1, 0.15) is 5.38 Å². The van der Waals surface area contributed by atoms with Crippen molar-refractivity contribution < 1.29 is 9.53 Å². The monoisotopic (exact) mass is 253 g/mol. The normalized spacial score (nSPS) is 19.2. The zero-order chi connectivity index (χ0) is 12.3. The molecule has 0 spiro atoms. The Hall–Kier alpha value is -1.06. The summed E-state index contributed by atoms with van der Waals surface area (Å²) < 4.78 is 5.13. The van der Waals surface area contributed by atoms with Crippen LogP contribution in [0.15, 0.2) is 30.3 Å². The molecule has 1 aromatic rings. The van der Waals surface area contributed by atoms with Gasteiger partial charge in [-0.2, -0.15) is 0 Å². The molecule has 1 unspecified atom stereocenters. The minimum atomic E-state index is -0.624. The van der Waals surface area contributed by atoms with E-state index in [4.69, 9.17) is 16.3 Å². The maximum atomic E-state index is 11.8. The lowest BCUT2D eigenvalue weighted by Crippen LogP contribution is -2.49. The van der Waals surface area contributed by atoms with Gasteiger partial charge < -0.3 is 10.1 Å². The van der Waals surface area contributed by atoms with Gasteiger partial charge in [0.2, 0.25) is 5.91 Å². The van der Waals surface area contributed by atoms with Gasteiger partial charge in [0, 0.05) is 12.0 Å². The van der Waals surface area contributed by atoms with E-state index in [9.17, 15) is 4.79 Å². The minimum absolute atomic E-state index is 0.0724. The maximum Gasteiger partial charge on any atom is 0.242 e. The van der Waals surface area contributed by atoms with E-state index < -0.39 is 5.38 Å². The average molecular weight is 254 g/mol. The van der Waals surface area contributed by atoms with Crippen molar-refractivity contribution in [2.45, 2.75) is 12.3 Å². The van der Waals surface area contributed by atoms with Crippen LogP contribution in [0.4, 0.5) is 0 Å². The Morgan fingerprint density at radius 3 is 2.65 bits per heavy atom. The first-order valence-corrected chi connectivity index (χ1v) is 6.09. The zero-order valence-electron chi connectivity index (χ0n) is 9.78. The number of nitrogens with one attached hydrogen (secondary N) is 1. The molecule has 1 aliphatic rings. The van der Waals surface area contributed by atoms with Crippen LogP contribution in [0.1, 0.15) is 17.9 Å². The molecule has 0 saturated carbocycles. The number of hydrogen-bond acceptors (Lipinski definition) is 2. The summed E-state index contributed by atoms with van der Waals surface area (Å²) in [5, 5.41) is 2.25. The second-order valence-corrected chi connectivity index (χ2v) is 5.23. The van der Waals surface area contributed by atoms with E-state index in [1.54, 1.807) is 0 Å². The second-order valence-electron chi connectivity index (χ2n) is 4.79. The molecular formula is C13H16ClNO2. The number of rotatable bonds is 4. The summed E-state index contributed by atoms with van der Waals surface area (Å²) >= 11 is 6.10. The molecule has 1 amide bonds. The topological polar surface area (TPSA) is 38.3 Å². The van der Waals surface area contributed by atoms with Gasteiger partial charge in [0.25, 0.3) is 0 Å². The van der Waals surface area contributed by atoms with Crippen molar-refractivity contribution in [3.05, 3.63) is 35.9 Å². The Bertz CT molecular complexity index is 390. The largest absolute Gasteiger partial charge is 0.380 e. The number of amides is 1. The van der Waals surface area contributed by atoms with Gasteiger partial charge in [-0.15, -0.1) is 11.6 Å². The molecule has 2 rings (SSSR count). The van der Waals surface area contributed by atoms with Crippen molar-refractivity contribution in [2.24, 2.45) is 5.41 Å². The molecule has 3 nitrogen and oxygen atoms in total. The highest BCUT2D eigenvalue weighted by molar-refractivity contribution is 6.30. The number of carbonyl (C=O) groups is 1. The van der Waals surface area contributed by atoms with Crippen molar-refractivity contribution in [3.63, 3.8) is 0 Å². The first-order valence-electron chi connectivity index (χ1n) is 5.65. The number of benzene rings is 1. The second kappa shape index (κ2) is 5.07. The third kappa shape index (κ3) is 2.99. The lowest BCUT2D eigenvalue weighted by molar-refractivity contribution is -0.126. The fourth-order valence-electron chi connectivity index (χ4n) is 1.72. The molecule has 1 N–H and O–H groups in total. The third-order valence-corrected chi connectivity index (χ3v) is 3.36. The molecule has 0 bridgehead atoms. The number of halogens is 1. The van der Waals surface area contributed by atoms with Crippen LogP contribution in [-0.2, 0) is 9.53 Å². The number of carbonyl (C=O) groups excluding carboxylic acids is 1. The molecule has 1 saturated heterocycles. The van der Waals surface area contributed by atoms with E-state index in [0.717, 1.165) is 5.56 Å². The summed E-state index contributed by atoms with van der Waals surface area (Å²) in [6, 6.07) is 9.35. The average Bonchev–Trinajstić information content (AvgIpc) is 2.33. The molecule has 1 aromatic carbocycles. The third-order valence-electron chi connectivity index (χ3n) is 2.91. The van der Waals surface area contributed by atoms with Crippen molar-refractivity contribution in [3.8, 4) is 0 Å². The Morgan fingerprint density at radius 2 is 2.12 bits per heavy atom. The van der Waals surface area contributed by atoms with E-state index in [2.05, 4.69) is 12.2 Å². The highest BCUT2D eigenvalue weighted by atomic mass is 35.5. The molecule has 0 radical (unpaired) electrons. The highest BCUT2D eigenvalue weighted by Crippen LogP contribution is 2.26. The van der Waals surface area contributed by atoms with Crippen molar-refractivity contribution in [1.29, 1.82) is 0 Å². The maximum absolute atomic E-state index is 11.8. The lowest BCUT2D eigenvalue weighted by Gasteiger charge is -2.38. The summed E-state index contributed by atoms with van der Waals surface area (Å²) in [4.78, 5) is 11.8. The molecule has 0 aromatic heterocycles. The Morgan fingerprint density at radius 1 is 1.47 bits per heavy atom. The smallest absolute Gasteiger partial charge is 0.242 e. The molecule has 4 heteroatoms. The quantitative estimate of drug-likeness (QED) is 0.835. The zero-order valence-corrected chi connectivity index (χ0v) is 10.5. The van der Waals surface area contributed by atoms with E-state index >= 15 is 0 Å². The first kappa shape index (κ1) is 12.4. The predicted octanol–water partition coefficient (Wildman–Crippen LogP) is 2.12. The standard InChI is InChI=1S/C13H16ClNO2/c1-13(8-17-9-13)7-15-12(16)11(14)10-5-3-2-4-6-10/h2-6,11H,7-9H2,1H3,(H,15,16). The fourth-order valence-corrected chi connectivity index (χ4v) is 1.94. The van der Waals surface area contributed by atoms with Crippen LogP contribution in [0.25, 0.3) is 0 Å². The van der Waals surface area contributed by atoms with Crippen LogP contribution in [0.2, 0.25) is 0 Å². The SMILES string of the molecule is CC1(CNC(=O)C(Cl)c2ccccc2)COC1. The Balaban J connectivity index is 1.87. The Labute approximate surface area is 106 Å². The van der Waals surface area contributed by atoms with Crippen LogP contribution in [0.5, 0.6) is 0 Å². The van der Waals surface area contributed by atoms with Crippen LogP contribution in [0.3, 0.4) is 0 Å². The molecule has 17 heavy (non-hydrogen) atoms. The molecule has 1 atom stereocenters. The van der Waals surface area contributed by atoms with Crippen LogP contribution < -0.4 is 5.32 Å². The van der Waals surface area contributed by atoms with Gasteiger partial charge >= 0.3 is 0 Å². The van der Waals surface area contributed by atoms with Gasteiger partial charge in [-0.1, -0.05) is 37.3 Å². The first-order chi connectivity index (χ1) is 8.11. The van der Waals surface area contributed by atoms with E-state index in [1.165, 1.54) is 0 Å². The number of hydrogen-bond donors (Lipinski definition) is 1. The van der Waals surface area contributed by atoms with E-state index in [1.807, 2.05) is 30.3 Å². The molecule has 1 aliphatic heterocycles. The van der Waals surface area contributed by atoms with Gasteiger partial charge in [0.15, 0.2) is 0 Å². The lowest BCUT2D eigenvalue weighted by atomic mass is 9.89. The molecular weight excluding hydrogens is 238 g/mol. The minimum Gasteiger partial charge on any atom is -0.380 e. The molecule has 1 heterocycles. The summed E-state index contributed by atoms with van der Waals surface area (Å²) in [6.45, 7) is 4.10. The summed E-state index contributed by atoms with van der Waals surface area (Å²) in [5.74, 6) is -0.147. The van der Waals surface area contributed by atoms with Gasteiger partial charge in [-0.3, -0.25) is 4.79 Å². The molecule has 1 fully saturated rings. The number of alkyl halides is 1. The van der Waals surface area contributed by atoms with Gasteiger partial charge in [0.05, 0.1) is 13.2 Å². The predicted molar refractivity (Wildman–Crippen MR) is 67.0 cm³/mol. The van der Waals surface area contributed by atoms with Gasteiger partial charge in [-0.05, 0) is 5.56 Å². The van der Waals surface area contributed by atoms with E-state index in [-0.39, 0.29) is 11.3 Å². The molecule has 0 aliphatic carbocycles. The van der Waals surface area contributed by atoms with Gasteiger partial charge in [-0.25, -0.2) is 0 Å². The Kier molecular flexibility index (Phi) is 3.69. The number of ether oxygens (including phenoxy) is 1. The van der Waals surface area contributed by atoms with Crippen LogP contribution >= 0.6 is 11.6 Å². The van der Waals surface area contributed by atoms with Crippen LogP contribution in [0, 0.1) is 5.41 Å². The molecule has 92 valence electrons. The van der Waals surface area contributed by atoms with Crippen molar-refractivity contribution in [2.75, 3.05) is 19.8 Å². The van der Waals surface area contributed by atoms with E-state index in [0.29, 0.717) is 19.8 Å². The van der Waals surface area contributed by atoms with Crippen LogP contribution in [-0.4, -0.2) is 25.7 Å².